The van der Waals surface area contributed by atoms with E-state index in [1.807, 2.05) is 25.8 Å². The van der Waals surface area contributed by atoms with Crippen molar-refractivity contribution in [2.24, 2.45) is 0 Å². The molecule has 5 nitrogen and oxygen atoms in total. The second-order valence-electron chi connectivity index (χ2n) is 4.57. The number of carboxylic acid groups (broad SMARTS) is 1. The van der Waals surface area contributed by atoms with E-state index in [0.717, 1.165) is 0 Å². The fourth-order valence-electron chi connectivity index (χ4n) is 2.57. The zero-order chi connectivity index (χ0) is 12.5. The standard InChI is InChI=1S/C11H20N2O3/c1-5-13(9(3)14)11(10(15)16)6-8(2)12(4)7-11/h8H,5-7H2,1-4H3,(H,15,16). The highest BCUT2D eigenvalue weighted by Gasteiger charge is 2.51. The highest BCUT2D eigenvalue weighted by molar-refractivity contribution is 5.86. The lowest BCUT2D eigenvalue weighted by Gasteiger charge is -2.36. The molecule has 2 unspecified atom stereocenters. The van der Waals surface area contributed by atoms with Gasteiger partial charge in [0.05, 0.1) is 0 Å². The number of aliphatic carboxylic acids is 1. The van der Waals surface area contributed by atoms with Crippen molar-refractivity contribution in [1.82, 2.24) is 9.80 Å². The Labute approximate surface area is 96.0 Å². The molecule has 2 atom stereocenters. The Kier molecular flexibility index (Phi) is 3.57. The van der Waals surface area contributed by atoms with Crippen molar-refractivity contribution >= 4 is 11.9 Å². The van der Waals surface area contributed by atoms with E-state index in [2.05, 4.69) is 0 Å². The van der Waals surface area contributed by atoms with Crippen LogP contribution in [0.4, 0.5) is 0 Å². The second kappa shape index (κ2) is 4.41. The van der Waals surface area contributed by atoms with Gasteiger partial charge in [0.1, 0.15) is 0 Å². The highest BCUT2D eigenvalue weighted by atomic mass is 16.4. The summed E-state index contributed by atoms with van der Waals surface area (Å²) in [5, 5.41) is 9.43. The van der Waals surface area contributed by atoms with Gasteiger partial charge >= 0.3 is 5.97 Å². The number of carboxylic acids is 1. The largest absolute Gasteiger partial charge is 0.479 e. The number of hydrogen-bond acceptors (Lipinski definition) is 3. The van der Waals surface area contributed by atoms with Crippen LogP contribution < -0.4 is 0 Å². The Morgan fingerprint density at radius 3 is 2.38 bits per heavy atom. The second-order valence-corrected chi connectivity index (χ2v) is 4.57. The Morgan fingerprint density at radius 2 is 2.12 bits per heavy atom. The molecule has 1 rings (SSSR count). The van der Waals surface area contributed by atoms with E-state index in [1.54, 1.807) is 0 Å². The molecule has 0 aromatic heterocycles. The minimum atomic E-state index is -1.05. The predicted molar refractivity (Wildman–Crippen MR) is 60.1 cm³/mol. The summed E-state index contributed by atoms with van der Waals surface area (Å²) in [6.45, 7) is 6.06. The third kappa shape index (κ3) is 1.91. The van der Waals surface area contributed by atoms with Crippen LogP contribution in [0.15, 0.2) is 0 Å². The third-order valence-electron chi connectivity index (χ3n) is 3.51. The van der Waals surface area contributed by atoms with Gasteiger partial charge < -0.3 is 14.9 Å². The summed E-state index contributed by atoms with van der Waals surface area (Å²) in [5.74, 6) is -1.08. The first-order valence-electron chi connectivity index (χ1n) is 5.57. The quantitative estimate of drug-likeness (QED) is 0.759. The van der Waals surface area contributed by atoms with E-state index >= 15 is 0 Å². The van der Waals surface area contributed by atoms with Gasteiger partial charge in [-0.05, 0) is 27.3 Å². The van der Waals surface area contributed by atoms with Crippen LogP contribution in [0.25, 0.3) is 0 Å². The fourth-order valence-corrected chi connectivity index (χ4v) is 2.57. The lowest BCUT2D eigenvalue weighted by molar-refractivity contribution is -0.157. The van der Waals surface area contributed by atoms with Gasteiger partial charge in [0.2, 0.25) is 5.91 Å². The maximum atomic E-state index is 11.5. The molecule has 0 spiro atoms. The van der Waals surface area contributed by atoms with Crippen LogP contribution in [-0.4, -0.2) is 58.5 Å². The van der Waals surface area contributed by atoms with E-state index < -0.39 is 11.5 Å². The maximum absolute atomic E-state index is 11.5. The number of likely N-dealkylation sites (N-methyl/N-ethyl adjacent to an activating group) is 2. The molecule has 0 aromatic rings. The van der Waals surface area contributed by atoms with E-state index in [9.17, 15) is 14.7 Å². The van der Waals surface area contributed by atoms with Crippen LogP contribution in [0.5, 0.6) is 0 Å². The highest BCUT2D eigenvalue weighted by Crippen LogP contribution is 2.31. The summed E-state index contributed by atoms with van der Waals surface area (Å²) in [4.78, 5) is 26.5. The van der Waals surface area contributed by atoms with Crippen LogP contribution in [0.2, 0.25) is 0 Å². The van der Waals surface area contributed by atoms with Gasteiger partial charge in [-0.15, -0.1) is 0 Å². The SMILES string of the molecule is CCN(C(C)=O)C1(C(=O)O)CC(C)N(C)C1. The minimum absolute atomic E-state index is 0.174. The molecule has 0 aliphatic carbocycles. The van der Waals surface area contributed by atoms with E-state index in [0.29, 0.717) is 19.5 Å². The number of carbonyl (C=O) groups excluding carboxylic acids is 1. The van der Waals surface area contributed by atoms with Gasteiger partial charge in [0, 0.05) is 26.1 Å². The van der Waals surface area contributed by atoms with Crippen LogP contribution in [0.3, 0.4) is 0 Å². The van der Waals surface area contributed by atoms with Crippen LogP contribution in [-0.2, 0) is 9.59 Å². The summed E-state index contributed by atoms with van der Waals surface area (Å²) in [6.07, 6.45) is 0.492. The Bertz CT molecular complexity index is 294. The monoisotopic (exact) mass is 228 g/mol. The molecule has 1 aliphatic heterocycles. The summed E-state index contributed by atoms with van der Waals surface area (Å²) in [7, 11) is 1.89. The van der Waals surface area contributed by atoms with Gasteiger partial charge in [-0.1, -0.05) is 0 Å². The Morgan fingerprint density at radius 1 is 1.56 bits per heavy atom. The molecule has 0 aromatic carbocycles. The van der Waals surface area contributed by atoms with Crippen LogP contribution in [0.1, 0.15) is 27.2 Å². The predicted octanol–water partition coefficient (Wildman–Crippen LogP) is 0.402. The molecule has 0 saturated carbocycles. The van der Waals surface area contributed by atoms with Crippen LogP contribution in [0, 0.1) is 0 Å². The van der Waals surface area contributed by atoms with E-state index in [4.69, 9.17) is 0 Å². The molecular formula is C11H20N2O3. The van der Waals surface area contributed by atoms with Crippen molar-refractivity contribution in [3.8, 4) is 0 Å². The lowest BCUT2D eigenvalue weighted by atomic mass is 9.94. The summed E-state index contributed by atoms with van der Waals surface area (Å²) >= 11 is 0. The van der Waals surface area contributed by atoms with Crippen molar-refractivity contribution in [2.45, 2.75) is 38.8 Å². The Hall–Kier alpha value is -1.10. The first kappa shape index (κ1) is 13.0. The number of carbonyl (C=O) groups is 2. The molecule has 0 radical (unpaired) electrons. The van der Waals surface area contributed by atoms with Crippen molar-refractivity contribution in [3.63, 3.8) is 0 Å². The summed E-state index contributed by atoms with van der Waals surface area (Å²) in [5.41, 5.74) is -1.05. The maximum Gasteiger partial charge on any atom is 0.331 e. The number of likely N-dealkylation sites (tertiary alicyclic amines) is 1. The molecule has 0 bridgehead atoms. The van der Waals surface area contributed by atoms with E-state index in [-0.39, 0.29) is 11.9 Å². The molecular weight excluding hydrogens is 208 g/mol. The van der Waals surface area contributed by atoms with Crippen molar-refractivity contribution in [2.75, 3.05) is 20.1 Å². The van der Waals surface area contributed by atoms with Gasteiger partial charge in [-0.25, -0.2) is 4.79 Å². The number of nitrogens with zero attached hydrogens (tertiary/aromatic N) is 2. The average molecular weight is 228 g/mol. The first-order valence-corrected chi connectivity index (χ1v) is 5.57. The van der Waals surface area contributed by atoms with Gasteiger partial charge in [0.15, 0.2) is 5.54 Å². The van der Waals surface area contributed by atoms with Crippen molar-refractivity contribution < 1.29 is 14.7 Å². The normalized spacial score (nSPS) is 30.4. The van der Waals surface area contributed by atoms with Crippen LogP contribution >= 0.6 is 0 Å². The van der Waals surface area contributed by atoms with E-state index in [1.165, 1.54) is 11.8 Å². The topological polar surface area (TPSA) is 60.9 Å². The molecule has 1 fully saturated rings. The zero-order valence-corrected chi connectivity index (χ0v) is 10.4. The molecule has 16 heavy (non-hydrogen) atoms. The third-order valence-corrected chi connectivity index (χ3v) is 3.51. The molecule has 1 amide bonds. The number of hydrogen-bond donors (Lipinski definition) is 1. The molecule has 1 N–H and O–H groups in total. The smallest absolute Gasteiger partial charge is 0.331 e. The number of rotatable bonds is 3. The average Bonchev–Trinajstić information content (AvgIpc) is 2.44. The van der Waals surface area contributed by atoms with Gasteiger partial charge in [0.25, 0.3) is 0 Å². The minimum Gasteiger partial charge on any atom is -0.479 e. The molecule has 92 valence electrons. The Balaban J connectivity index is 3.08. The zero-order valence-electron chi connectivity index (χ0n) is 10.4. The van der Waals surface area contributed by atoms with Crippen molar-refractivity contribution in [3.05, 3.63) is 0 Å². The number of amides is 1. The molecule has 1 saturated heterocycles. The summed E-state index contributed by atoms with van der Waals surface area (Å²) < 4.78 is 0. The van der Waals surface area contributed by atoms with Gasteiger partial charge in [-0.2, -0.15) is 0 Å². The molecule has 1 aliphatic rings. The molecule has 5 heteroatoms. The van der Waals surface area contributed by atoms with Gasteiger partial charge in [-0.3, -0.25) is 4.79 Å². The first-order chi connectivity index (χ1) is 7.35. The molecule has 1 heterocycles. The van der Waals surface area contributed by atoms with Crippen molar-refractivity contribution in [1.29, 1.82) is 0 Å². The summed E-state index contributed by atoms with van der Waals surface area (Å²) in [6, 6.07) is 0.185. The lowest BCUT2D eigenvalue weighted by Crippen LogP contribution is -2.58. The fraction of sp³-hybridized carbons (Fsp3) is 0.818.